The topological polar surface area (TPSA) is 575 Å². The molecule has 6 atom stereocenters. The van der Waals surface area contributed by atoms with Gasteiger partial charge in [-0.1, -0.05) is 119 Å². The number of aliphatic hydroxyl groups is 4. The first-order chi connectivity index (χ1) is 61.4. The van der Waals surface area contributed by atoms with E-state index in [9.17, 15) is 38.8 Å². The number of nitrogens with two attached hydrogens (primary N) is 6. The van der Waals surface area contributed by atoms with Gasteiger partial charge in [0.25, 0.3) is 0 Å². The smallest absolute Gasteiger partial charge is 0.222 e. The number of nitrogens with zero attached hydrogens (tertiary/aromatic N) is 18. The summed E-state index contributed by atoms with van der Waals surface area (Å²) in [6, 6.07) is 15.4. The lowest BCUT2D eigenvalue weighted by atomic mass is 9.89. The molecule has 0 aliphatic rings. The number of fused-ring (bicyclic) bond motifs is 6. The van der Waals surface area contributed by atoms with Gasteiger partial charge in [0.2, 0.25) is 35.7 Å². The molecule has 698 valence electrons. The highest BCUT2D eigenvalue weighted by Gasteiger charge is 2.32. The highest BCUT2D eigenvalue weighted by atomic mass is 19.1. The second-order valence-electron chi connectivity index (χ2n) is 34.3. The zero-order chi connectivity index (χ0) is 94.7. The summed E-state index contributed by atoms with van der Waals surface area (Å²) in [6.07, 6.45) is 29.3. The molecule has 0 saturated carbocycles. The lowest BCUT2D eigenvalue weighted by molar-refractivity contribution is -0.118. The van der Waals surface area contributed by atoms with Crippen LogP contribution in [0.4, 0.5) is 79.4 Å². The summed E-state index contributed by atoms with van der Waals surface area (Å²) >= 11 is 0. The van der Waals surface area contributed by atoms with E-state index in [0.29, 0.717) is 103 Å². The van der Waals surface area contributed by atoms with Gasteiger partial charge in [0.1, 0.15) is 56.3 Å². The number of aryl methyl sites for hydroxylation is 1. The van der Waals surface area contributed by atoms with Gasteiger partial charge < -0.3 is 96.3 Å². The number of unbranched alkanes of at least 4 members (excludes halogenated alkanes) is 6. The third kappa shape index (κ3) is 31.8. The number of nitrogen functional groups attached to an aromatic ring is 6. The predicted molar refractivity (Wildman–Crippen MR) is 513 cm³/mol. The molecule has 12 heterocycles. The minimum Gasteiger partial charge on any atom is -0.394 e. The van der Waals surface area contributed by atoms with E-state index >= 15 is 0 Å². The Morgan fingerprint density at radius 3 is 0.829 bits per heavy atom. The highest BCUT2D eigenvalue weighted by Crippen LogP contribution is 2.35. The Labute approximate surface area is 753 Å². The number of pyridine rings is 6. The summed E-state index contributed by atoms with van der Waals surface area (Å²) in [5.41, 5.74) is 40.2. The van der Waals surface area contributed by atoms with Crippen LogP contribution in [0.3, 0.4) is 0 Å². The Bertz CT molecular complexity index is 5390. The van der Waals surface area contributed by atoms with E-state index in [2.05, 4.69) is 177 Å². The summed E-state index contributed by atoms with van der Waals surface area (Å²) in [7, 11) is 0. The molecule has 12 aromatic heterocycles. The van der Waals surface area contributed by atoms with Crippen LogP contribution in [0.25, 0.3) is 66.2 Å². The fourth-order valence-electron chi connectivity index (χ4n) is 13.9. The number of halogens is 2. The maximum Gasteiger partial charge on any atom is 0.222 e. The highest BCUT2D eigenvalue weighted by molar-refractivity contribution is 5.91. The van der Waals surface area contributed by atoms with Crippen LogP contribution in [-0.2, 0) is 9.59 Å². The van der Waals surface area contributed by atoms with E-state index in [1.807, 2.05) is 65.0 Å². The maximum atomic E-state index is 13.2. The molecule has 0 amide bonds. The van der Waals surface area contributed by atoms with Gasteiger partial charge in [0, 0.05) is 60.8 Å². The Kier molecular flexibility index (Phi) is 39.5. The van der Waals surface area contributed by atoms with Crippen molar-refractivity contribution in [2.75, 3.05) is 92.7 Å². The minimum atomic E-state index is -0.542. The van der Waals surface area contributed by atoms with Crippen LogP contribution in [0.15, 0.2) is 91.8 Å². The van der Waals surface area contributed by atoms with Crippen molar-refractivity contribution in [2.45, 2.75) is 278 Å². The molecule has 36 nitrogen and oxygen atoms in total. The predicted octanol–water partition coefficient (Wildman–Crippen LogP) is 15.1. The Hall–Kier alpha value is -12.4. The van der Waals surface area contributed by atoms with Crippen molar-refractivity contribution in [3.63, 3.8) is 0 Å². The summed E-state index contributed by atoms with van der Waals surface area (Å²) in [4.78, 5) is 98.5. The average Bonchev–Trinajstić information content (AvgIpc) is 0.808. The molecular weight excluding hydrogens is 1650 g/mol. The number of ketones is 2. The number of rotatable bonds is 40. The number of Topliss-reactive ketones (excluding diaryl/α,β-unsaturated/α-hetero) is 2. The second kappa shape index (κ2) is 49.2. The van der Waals surface area contributed by atoms with Crippen molar-refractivity contribution >= 4 is 148 Å². The molecule has 12 aromatic rings. The Morgan fingerprint density at radius 1 is 0.318 bits per heavy atom. The van der Waals surface area contributed by atoms with Crippen molar-refractivity contribution in [1.29, 1.82) is 0 Å². The molecule has 0 aliphatic carbocycles. The van der Waals surface area contributed by atoms with Gasteiger partial charge in [-0.2, -0.15) is 29.9 Å². The van der Waals surface area contributed by atoms with Crippen molar-refractivity contribution in [3.05, 3.63) is 109 Å². The number of hydrogen-bond donors (Lipinski definition) is 16. The zero-order valence-electron chi connectivity index (χ0n) is 77.4. The third-order valence-corrected chi connectivity index (χ3v) is 21.7. The van der Waals surface area contributed by atoms with Gasteiger partial charge >= 0.3 is 0 Å². The Morgan fingerprint density at radius 2 is 0.558 bits per heavy atom. The third-order valence-electron chi connectivity index (χ3n) is 21.7. The van der Waals surface area contributed by atoms with Gasteiger partial charge in [-0.25, -0.2) is 48.7 Å². The van der Waals surface area contributed by atoms with Gasteiger partial charge in [-0.3, -0.25) is 19.9 Å². The summed E-state index contributed by atoms with van der Waals surface area (Å²) < 4.78 is 26.5. The van der Waals surface area contributed by atoms with Crippen LogP contribution in [0.5, 0.6) is 0 Å². The Balaban J connectivity index is 0.000000212. The minimum absolute atomic E-state index is 0.0191. The van der Waals surface area contributed by atoms with E-state index < -0.39 is 33.8 Å². The van der Waals surface area contributed by atoms with Crippen molar-refractivity contribution < 1.29 is 38.8 Å². The molecule has 0 radical (unpaired) electrons. The summed E-state index contributed by atoms with van der Waals surface area (Å²) in [6.45, 7) is 29.9. The molecule has 0 bridgehead atoms. The number of anilines is 12. The second-order valence-corrected chi connectivity index (χ2v) is 34.3. The number of carbonyl (C=O) groups is 2. The molecular formula is C91H134F2N30O6. The van der Waals surface area contributed by atoms with Crippen LogP contribution >= 0.6 is 0 Å². The first-order valence-electron chi connectivity index (χ1n) is 44.2. The largest absolute Gasteiger partial charge is 0.394 e. The van der Waals surface area contributed by atoms with E-state index in [1.54, 1.807) is 50.8 Å². The number of hydrogen-bond acceptors (Lipinski definition) is 36. The maximum absolute atomic E-state index is 13.2. The van der Waals surface area contributed by atoms with E-state index in [-0.39, 0.29) is 84.8 Å². The monoisotopic (exact) mass is 1780 g/mol. The lowest BCUT2D eigenvalue weighted by Crippen LogP contribution is -2.39. The van der Waals surface area contributed by atoms with Gasteiger partial charge in [0.05, 0.1) is 94.1 Å². The fourth-order valence-corrected chi connectivity index (χ4v) is 13.9. The molecule has 12 rings (SSSR count). The van der Waals surface area contributed by atoms with Crippen molar-refractivity contribution in [3.8, 4) is 0 Å². The van der Waals surface area contributed by atoms with Crippen molar-refractivity contribution in [2.24, 2.45) is 0 Å². The molecule has 0 saturated heterocycles. The van der Waals surface area contributed by atoms with Gasteiger partial charge in [-0.15, -0.1) is 0 Å². The molecule has 0 spiro atoms. The normalized spacial score (nSPS) is 14.0. The van der Waals surface area contributed by atoms with Gasteiger partial charge in [-0.05, 0) is 162 Å². The number of aromatic nitrogens is 18. The van der Waals surface area contributed by atoms with E-state index in [4.69, 9.17) is 34.4 Å². The van der Waals surface area contributed by atoms with Crippen LogP contribution in [0, 0.1) is 18.6 Å². The van der Waals surface area contributed by atoms with Crippen LogP contribution in [0.1, 0.15) is 244 Å². The molecule has 1 unspecified atom stereocenters. The van der Waals surface area contributed by atoms with Crippen LogP contribution in [-0.4, -0.2) is 181 Å². The molecule has 0 fully saturated rings. The molecule has 38 heteroatoms. The molecule has 22 N–H and O–H groups in total. The number of nitrogens with one attached hydrogen (secondary N) is 6. The number of carbonyl (C=O) groups excluding carboxylic acids is 2. The lowest BCUT2D eigenvalue weighted by Gasteiger charge is -2.31. The van der Waals surface area contributed by atoms with Crippen LogP contribution in [0.2, 0.25) is 0 Å². The summed E-state index contributed by atoms with van der Waals surface area (Å²) in [5, 5.41) is 58.5. The fraction of sp³-hybridized carbons (Fsp3) is 0.516. The first-order valence-corrected chi connectivity index (χ1v) is 44.2. The molecule has 0 aliphatic heterocycles. The zero-order valence-corrected chi connectivity index (χ0v) is 77.4. The van der Waals surface area contributed by atoms with E-state index in [1.165, 1.54) is 12.1 Å². The first kappa shape index (κ1) is 104. The standard InChI is InChI=1S/C18H27N5O.C17H25N5O.2C14H20FN5O.2C14H21N5O/c1-5-6-9-18(4,10-7-13(3)24)23-16-15-14(21-17(19)22-16)12(2)8-11-20-15;1-4-5-9-17(3,10-8-12(2)23)22-15-14-13(7-6-11-19-14)20-16(18)21-15;2*1-3-4-5-14(2,8-21)20-12-11-10(18-13(16)19-12)6-9(15)7-17-11;2*1-3-4-7-14(2,9-20)19-12-11-10(6-5-8-16-11)17-13(15)18-12/h8,11H,5-7,9-10H2,1-4H3,(H3,19,21,22,23);6-7,11H,4-5,8-10H2,1-3H3,(H3,18,20,21,22);2*6-7,21H,3-5,8H2,1-2H3,(H3,16,18,19,20);2*5-6,8,20H,3-4,7,9H2,1-2H3,(H3,15,17,18,19)/t18-;17-;14-;;2*14-/m110.10/s1. The summed E-state index contributed by atoms with van der Waals surface area (Å²) in [5.74, 6) is 3.57. The van der Waals surface area contributed by atoms with Crippen LogP contribution < -0.4 is 66.3 Å². The van der Waals surface area contributed by atoms with Gasteiger partial charge in [0.15, 0.2) is 34.9 Å². The number of aliphatic hydroxyl groups excluding tert-OH is 4. The average molecular weight is 1780 g/mol. The molecule has 0 aromatic carbocycles. The molecule has 129 heavy (non-hydrogen) atoms. The van der Waals surface area contributed by atoms with Crippen molar-refractivity contribution in [1.82, 2.24) is 89.7 Å². The van der Waals surface area contributed by atoms with E-state index in [0.717, 1.165) is 157 Å². The SMILES string of the molecule is CCCCC(C)(CO)Nc1nc(N)nc2cc(F)cnc12.CCCC[C@@](C)(CO)Nc1nc(N)nc2cc(F)cnc12.CCCC[C@@](C)(CO)Nc1nc(N)nc2cccnc12.CCCC[C@](C)(CCC(C)=O)Nc1nc(N)nc2c(C)ccnc12.CCCC[C@](C)(CCC(C)=O)Nc1nc(N)nc2cccnc12.CCCC[C@](C)(CO)Nc1nc(N)nc2cccnc12. The quantitative estimate of drug-likeness (QED) is 0.0170.